The zero-order valence-corrected chi connectivity index (χ0v) is 15.1. The Bertz CT molecular complexity index is 655. The maximum Gasteiger partial charge on any atom is 0.249 e. The minimum absolute atomic E-state index is 0.0248. The van der Waals surface area contributed by atoms with E-state index in [4.69, 9.17) is 11.6 Å². The molecule has 1 aliphatic carbocycles. The van der Waals surface area contributed by atoms with Crippen molar-refractivity contribution in [2.24, 2.45) is 5.92 Å². The summed E-state index contributed by atoms with van der Waals surface area (Å²) in [4.78, 5) is 26.6. The van der Waals surface area contributed by atoms with Gasteiger partial charge in [0, 0.05) is 24.7 Å². The predicted octanol–water partition coefficient (Wildman–Crippen LogP) is 2.15. The van der Waals surface area contributed by atoms with Crippen LogP contribution >= 0.6 is 11.6 Å². The van der Waals surface area contributed by atoms with Crippen LogP contribution < -0.4 is 15.5 Å². The lowest BCUT2D eigenvalue weighted by Crippen LogP contribution is -2.50. The van der Waals surface area contributed by atoms with Crippen LogP contribution in [-0.4, -0.2) is 42.2 Å². The first-order valence-electron chi connectivity index (χ1n) is 8.79. The standard InChI is InChI=1S/C18H24ClN3O3/c1-11(23)16(21-17(24)12-4-5-12)18(25)20-13-6-7-15(14(19)10-13)22-8-2-3-9-22/h6-7,10-12,16,23H,2-5,8-9H2,1H3,(H,20,25)(H,21,24)/t11-,16+/m1/s1. The molecule has 7 heteroatoms. The van der Waals surface area contributed by atoms with Crippen molar-refractivity contribution >= 4 is 34.8 Å². The quantitative estimate of drug-likeness (QED) is 0.721. The summed E-state index contributed by atoms with van der Waals surface area (Å²) in [5.74, 6) is -0.652. The number of hydrogen-bond acceptors (Lipinski definition) is 4. The summed E-state index contributed by atoms with van der Waals surface area (Å²) in [6, 6.07) is 4.41. The zero-order valence-electron chi connectivity index (χ0n) is 14.3. The van der Waals surface area contributed by atoms with Gasteiger partial charge in [0.15, 0.2) is 0 Å². The molecule has 0 spiro atoms. The van der Waals surface area contributed by atoms with Gasteiger partial charge >= 0.3 is 0 Å². The molecule has 3 rings (SSSR count). The fraction of sp³-hybridized carbons (Fsp3) is 0.556. The Balaban J connectivity index is 1.65. The molecule has 0 radical (unpaired) electrons. The van der Waals surface area contributed by atoms with Gasteiger partial charge in [-0.2, -0.15) is 0 Å². The highest BCUT2D eigenvalue weighted by Gasteiger charge is 2.34. The number of nitrogens with one attached hydrogen (secondary N) is 2. The summed E-state index contributed by atoms with van der Waals surface area (Å²) in [5, 5.41) is 15.8. The van der Waals surface area contributed by atoms with E-state index in [-0.39, 0.29) is 11.8 Å². The van der Waals surface area contributed by atoms with Gasteiger partial charge in [0.2, 0.25) is 11.8 Å². The number of anilines is 2. The van der Waals surface area contributed by atoms with Crippen LogP contribution in [0.2, 0.25) is 5.02 Å². The number of hydrogen-bond donors (Lipinski definition) is 3. The molecule has 1 aromatic rings. The topological polar surface area (TPSA) is 81.7 Å². The van der Waals surface area contributed by atoms with Gasteiger partial charge in [0.1, 0.15) is 6.04 Å². The van der Waals surface area contributed by atoms with Crippen molar-refractivity contribution in [2.45, 2.75) is 44.8 Å². The fourth-order valence-corrected chi connectivity index (χ4v) is 3.34. The van der Waals surface area contributed by atoms with E-state index < -0.39 is 18.1 Å². The number of aliphatic hydroxyl groups excluding tert-OH is 1. The minimum atomic E-state index is -0.984. The number of carbonyl (C=O) groups excluding carboxylic acids is 2. The summed E-state index contributed by atoms with van der Waals surface area (Å²) in [7, 11) is 0. The second-order valence-corrected chi connectivity index (χ2v) is 7.26. The van der Waals surface area contributed by atoms with Crippen molar-refractivity contribution in [3.8, 4) is 0 Å². The summed E-state index contributed by atoms with van der Waals surface area (Å²) in [6.45, 7) is 3.46. The number of aliphatic hydroxyl groups is 1. The summed E-state index contributed by atoms with van der Waals surface area (Å²) in [6.07, 6.45) is 3.01. The maximum absolute atomic E-state index is 12.4. The van der Waals surface area contributed by atoms with Crippen LogP contribution in [0, 0.1) is 5.92 Å². The number of benzene rings is 1. The molecule has 1 aromatic carbocycles. The largest absolute Gasteiger partial charge is 0.391 e. The number of nitrogens with zero attached hydrogens (tertiary/aromatic N) is 1. The summed E-state index contributed by atoms with van der Waals surface area (Å²) < 4.78 is 0. The maximum atomic E-state index is 12.4. The van der Waals surface area contributed by atoms with Crippen molar-refractivity contribution in [3.63, 3.8) is 0 Å². The molecular formula is C18H24ClN3O3. The zero-order chi connectivity index (χ0) is 18.0. The molecule has 1 aliphatic heterocycles. The Kier molecular flexibility index (Phi) is 5.49. The predicted molar refractivity (Wildman–Crippen MR) is 97.9 cm³/mol. The van der Waals surface area contributed by atoms with Crippen LogP contribution in [0.3, 0.4) is 0 Å². The Morgan fingerprint density at radius 3 is 2.52 bits per heavy atom. The van der Waals surface area contributed by atoms with Crippen LogP contribution in [0.4, 0.5) is 11.4 Å². The van der Waals surface area contributed by atoms with Gasteiger partial charge in [-0.3, -0.25) is 9.59 Å². The van der Waals surface area contributed by atoms with Crippen molar-refractivity contribution in [2.75, 3.05) is 23.3 Å². The fourth-order valence-electron chi connectivity index (χ4n) is 3.04. The average Bonchev–Trinajstić information content (AvgIpc) is 3.28. The number of halogens is 1. The molecule has 1 saturated carbocycles. The molecule has 1 saturated heterocycles. The number of rotatable bonds is 6. The Morgan fingerprint density at radius 2 is 1.96 bits per heavy atom. The van der Waals surface area contributed by atoms with Crippen LogP contribution in [0.15, 0.2) is 18.2 Å². The molecule has 2 amide bonds. The third-order valence-electron chi connectivity index (χ3n) is 4.67. The molecule has 0 unspecified atom stereocenters. The normalized spacial score (nSPS) is 19.4. The number of amides is 2. The monoisotopic (exact) mass is 365 g/mol. The lowest BCUT2D eigenvalue weighted by Gasteiger charge is -2.22. The molecule has 1 heterocycles. The molecule has 2 atom stereocenters. The molecule has 136 valence electrons. The summed E-state index contributed by atoms with van der Waals surface area (Å²) >= 11 is 6.36. The van der Waals surface area contributed by atoms with E-state index in [1.165, 1.54) is 6.92 Å². The smallest absolute Gasteiger partial charge is 0.249 e. The third kappa shape index (κ3) is 4.44. The van der Waals surface area contributed by atoms with Gasteiger partial charge in [-0.15, -0.1) is 0 Å². The highest BCUT2D eigenvalue weighted by molar-refractivity contribution is 6.33. The highest BCUT2D eigenvalue weighted by Crippen LogP contribution is 2.31. The van der Waals surface area contributed by atoms with Crippen LogP contribution in [0.5, 0.6) is 0 Å². The van der Waals surface area contributed by atoms with Crippen molar-refractivity contribution in [1.29, 1.82) is 0 Å². The van der Waals surface area contributed by atoms with Crippen LogP contribution in [0.25, 0.3) is 0 Å². The molecule has 6 nitrogen and oxygen atoms in total. The highest BCUT2D eigenvalue weighted by atomic mass is 35.5. The second kappa shape index (κ2) is 7.62. The summed E-state index contributed by atoms with van der Waals surface area (Å²) in [5.41, 5.74) is 1.51. The Hall–Kier alpha value is -1.79. The molecule has 25 heavy (non-hydrogen) atoms. The van der Waals surface area contributed by atoms with E-state index in [0.717, 1.165) is 44.5 Å². The third-order valence-corrected chi connectivity index (χ3v) is 4.98. The molecule has 2 fully saturated rings. The van der Waals surface area contributed by atoms with E-state index >= 15 is 0 Å². The van der Waals surface area contributed by atoms with Crippen molar-refractivity contribution in [1.82, 2.24) is 5.32 Å². The van der Waals surface area contributed by atoms with Gasteiger partial charge in [-0.25, -0.2) is 0 Å². The first kappa shape index (κ1) is 18.0. The van der Waals surface area contributed by atoms with Gasteiger partial charge in [-0.05, 0) is 50.8 Å². The van der Waals surface area contributed by atoms with Crippen molar-refractivity contribution in [3.05, 3.63) is 23.2 Å². The van der Waals surface area contributed by atoms with Crippen LogP contribution in [-0.2, 0) is 9.59 Å². The molecular weight excluding hydrogens is 342 g/mol. The Labute approximate surface area is 152 Å². The molecule has 2 aliphatic rings. The van der Waals surface area contributed by atoms with Gasteiger partial charge in [0.25, 0.3) is 0 Å². The first-order chi connectivity index (χ1) is 12.0. The van der Waals surface area contributed by atoms with Gasteiger partial charge in [0.05, 0.1) is 16.8 Å². The molecule has 0 bridgehead atoms. The minimum Gasteiger partial charge on any atom is -0.391 e. The van der Waals surface area contributed by atoms with Crippen LogP contribution in [0.1, 0.15) is 32.6 Å². The van der Waals surface area contributed by atoms with E-state index in [1.807, 2.05) is 6.07 Å². The SMILES string of the molecule is C[C@@H](O)[C@H](NC(=O)C1CC1)C(=O)Nc1ccc(N2CCCC2)c(Cl)c1. The van der Waals surface area contributed by atoms with Gasteiger partial charge < -0.3 is 20.6 Å². The second-order valence-electron chi connectivity index (χ2n) is 6.85. The molecule has 3 N–H and O–H groups in total. The lowest BCUT2D eigenvalue weighted by molar-refractivity contribution is -0.129. The van der Waals surface area contributed by atoms with Crippen molar-refractivity contribution < 1.29 is 14.7 Å². The first-order valence-corrected chi connectivity index (χ1v) is 9.17. The number of carbonyl (C=O) groups is 2. The lowest BCUT2D eigenvalue weighted by atomic mass is 10.1. The van der Waals surface area contributed by atoms with E-state index in [1.54, 1.807) is 12.1 Å². The average molecular weight is 366 g/mol. The van der Waals surface area contributed by atoms with E-state index in [2.05, 4.69) is 15.5 Å². The van der Waals surface area contributed by atoms with Gasteiger partial charge in [-0.1, -0.05) is 11.6 Å². The Morgan fingerprint density at radius 1 is 1.28 bits per heavy atom. The molecule has 0 aromatic heterocycles. The van der Waals surface area contributed by atoms with E-state index in [9.17, 15) is 14.7 Å². The van der Waals surface area contributed by atoms with E-state index in [0.29, 0.717) is 10.7 Å².